The van der Waals surface area contributed by atoms with Gasteiger partial charge in [0.1, 0.15) is 5.52 Å². The standard InChI is InChI=1S/C20H23N7O3S/c1-26-10-12(8-23-26)13-9-21-17(30-2)15-16(13)31-18(24-15)25-19(29)27-5-3-20(4-6-27)7-14(28)22-11-20/h8-10H,3-7,11H2,1-2H3,(H,22,28)(H,24,25,29). The van der Waals surface area contributed by atoms with Crippen molar-refractivity contribution in [3.63, 3.8) is 0 Å². The first kappa shape index (κ1) is 19.7. The monoisotopic (exact) mass is 441 g/mol. The number of carbonyl (C=O) groups excluding carboxylic acids is 2. The van der Waals surface area contributed by atoms with Gasteiger partial charge >= 0.3 is 6.03 Å². The summed E-state index contributed by atoms with van der Waals surface area (Å²) in [5.41, 5.74) is 2.42. The maximum atomic E-state index is 12.9. The normalized spacial score (nSPS) is 17.9. The van der Waals surface area contributed by atoms with Gasteiger partial charge in [-0.2, -0.15) is 5.10 Å². The van der Waals surface area contributed by atoms with Crippen LogP contribution in [0.3, 0.4) is 0 Å². The molecule has 2 N–H and O–H groups in total. The fraction of sp³-hybridized carbons (Fsp3) is 0.450. The van der Waals surface area contributed by atoms with E-state index in [4.69, 9.17) is 4.74 Å². The number of piperidine rings is 1. The summed E-state index contributed by atoms with van der Waals surface area (Å²) in [5, 5.41) is 10.6. The minimum atomic E-state index is -0.180. The SMILES string of the molecule is COc1ncc(-c2cnn(C)c2)c2sc(NC(=O)N3CCC4(CC3)CNC(=O)C4)nc12. The Labute approximate surface area is 182 Å². The lowest BCUT2D eigenvalue weighted by Gasteiger charge is -2.37. The van der Waals surface area contributed by atoms with E-state index < -0.39 is 0 Å². The Morgan fingerprint density at radius 1 is 1.32 bits per heavy atom. The molecule has 0 aliphatic carbocycles. The molecule has 2 aliphatic heterocycles. The van der Waals surface area contributed by atoms with Crippen molar-refractivity contribution in [3.05, 3.63) is 18.6 Å². The van der Waals surface area contributed by atoms with Gasteiger partial charge in [-0.25, -0.2) is 14.8 Å². The van der Waals surface area contributed by atoms with E-state index in [1.54, 1.807) is 29.1 Å². The van der Waals surface area contributed by atoms with Crippen LogP contribution >= 0.6 is 11.3 Å². The molecule has 0 unspecified atom stereocenters. The predicted octanol–water partition coefficient (Wildman–Crippen LogP) is 2.23. The number of nitrogens with one attached hydrogen (secondary N) is 2. The van der Waals surface area contributed by atoms with E-state index in [-0.39, 0.29) is 17.4 Å². The van der Waals surface area contributed by atoms with Crippen LogP contribution in [0.15, 0.2) is 18.6 Å². The van der Waals surface area contributed by atoms with Crippen LogP contribution in [0, 0.1) is 5.41 Å². The zero-order valence-corrected chi connectivity index (χ0v) is 18.2. The maximum Gasteiger partial charge on any atom is 0.323 e. The van der Waals surface area contributed by atoms with Crippen molar-refractivity contribution in [2.24, 2.45) is 12.5 Å². The van der Waals surface area contributed by atoms with Crippen molar-refractivity contribution in [1.29, 1.82) is 0 Å². The molecule has 1 spiro atoms. The molecule has 3 amide bonds. The van der Waals surface area contributed by atoms with Crippen molar-refractivity contribution >= 4 is 38.6 Å². The smallest absolute Gasteiger partial charge is 0.323 e. The first-order valence-corrected chi connectivity index (χ1v) is 10.9. The number of thiazole rings is 1. The molecule has 0 aromatic carbocycles. The number of amides is 3. The number of likely N-dealkylation sites (tertiary alicyclic amines) is 1. The summed E-state index contributed by atoms with van der Waals surface area (Å²) in [5.74, 6) is 0.525. The van der Waals surface area contributed by atoms with Gasteiger partial charge in [0.25, 0.3) is 0 Å². The Hall–Kier alpha value is -3.21. The lowest BCUT2D eigenvalue weighted by Crippen LogP contribution is -2.45. The summed E-state index contributed by atoms with van der Waals surface area (Å²) >= 11 is 1.39. The third-order valence-corrected chi connectivity index (χ3v) is 7.12. The number of nitrogens with zero attached hydrogens (tertiary/aromatic N) is 5. The van der Waals surface area contributed by atoms with Gasteiger partial charge in [-0.05, 0) is 18.3 Å². The maximum absolute atomic E-state index is 12.9. The van der Waals surface area contributed by atoms with Crippen LogP contribution in [0.2, 0.25) is 0 Å². The first-order valence-electron chi connectivity index (χ1n) is 10.1. The molecule has 10 nitrogen and oxygen atoms in total. The van der Waals surface area contributed by atoms with Gasteiger partial charge in [0, 0.05) is 56.6 Å². The fourth-order valence-electron chi connectivity index (χ4n) is 4.32. The van der Waals surface area contributed by atoms with E-state index in [9.17, 15) is 9.59 Å². The van der Waals surface area contributed by atoms with Gasteiger partial charge in [0.15, 0.2) is 5.13 Å². The van der Waals surface area contributed by atoms with Crippen molar-refractivity contribution in [1.82, 2.24) is 30.0 Å². The average Bonchev–Trinajstić information content (AvgIpc) is 3.46. The molecule has 0 saturated carbocycles. The topological polar surface area (TPSA) is 114 Å². The zero-order chi connectivity index (χ0) is 21.6. The highest BCUT2D eigenvalue weighted by molar-refractivity contribution is 7.23. The summed E-state index contributed by atoms with van der Waals surface area (Å²) in [6.07, 6.45) is 7.62. The third-order valence-electron chi connectivity index (χ3n) is 6.12. The number of pyridine rings is 1. The summed E-state index contributed by atoms with van der Waals surface area (Å²) in [4.78, 5) is 35.2. The quantitative estimate of drug-likeness (QED) is 0.644. The van der Waals surface area contributed by atoms with E-state index in [1.165, 1.54) is 11.3 Å². The number of hydrogen-bond donors (Lipinski definition) is 2. The molecule has 0 radical (unpaired) electrons. The molecule has 5 heterocycles. The lowest BCUT2D eigenvalue weighted by atomic mass is 9.78. The summed E-state index contributed by atoms with van der Waals surface area (Å²) < 4.78 is 7.98. The van der Waals surface area contributed by atoms with Gasteiger partial charge in [-0.15, -0.1) is 0 Å². The predicted molar refractivity (Wildman–Crippen MR) is 116 cm³/mol. The largest absolute Gasteiger partial charge is 0.479 e. The molecule has 3 aromatic rings. The number of methoxy groups -OCH3 is 1. The van der Waals surface area contributed by atoms with Crippen LogP contribution in [0.5, 0.6) is 5.88 Å². The molecule has 31 heavy (non-hydrogen) atoms. The van der Waals surface area contributed by atoms with E-state index in [2.05, 4.69) is 25.7 Å². The molecule has 2 fully saturated rings. The number of fused-ring (bicyclic) bond motifs is 1. The Bertz CT molecular complexity index is 1160. The molecule has 0 atom stereocenters. The highest BCUT2D eigenvalue weighted by Crippen LogP contribution is 2.39. The molecule has 11 heteroatoms. The third kappa shape index (κ3) is 3.58. The van der Waals surface area contributed by atoms with Gasteiger partial charge in [0.05, 0.1) is 18.0 Å². The van der Waals surface area contributed by atoms with Crippen molar-refractivity contribution in [2.45, 2.75) is 19.3 Å². The van der Waals surface area contributed by atoms with E-state index >= 15 is 0 Å². The molecule has 2 saturated heterocycles. The van der Waals surface area contributed by atoms with Gasteiger partial charge in [-0.3, -0.25) is 14.8 Å². The van der Waals surface area contributed by atoms with Gasteiger partial charge < -0.3 is 15.0 Å². The number of aryl methyl sites for hydroxylation is 1. The van der Waals surface area contributed by atoms with E-state index in [0.29, 0.717) is 42.6 Å². The summed E-state index contributed by atoms with van der Waals surface area (Å²) in [6.45, 7) is 1.96. The number of aromatic nitrogens is 4. The van der Waals surface area contributed by atoms with E-state index in [0.717, 1.165) is 28.7 Å². The Balaban J connectivity index is 1.36. The molecular formula is C20H23N7O3S. The molecular weight excluding hydrogens is 418 g/mol. The fourth-order valence-corrected chi connectivity index (χ4v) is 5.30. The highest BCUT2D eigenvalue weighted by Gasteiger charge is 2.41. The number of ether oxygens (including phenoxy) is 1. The Kier molecular flexibility index (Phi) is 4.77. The van der Waals surface area contributed by atoms with Crippen LogP contribution in [0.1, 0.15) is 19.3 Å². The van der Waals surface area contributed by atoms with Crippen LogP contribution in [-0.4, -0.2) is 63.3 Å². The van der Waals surface area contributed by atoms with E-state index in [1.807, 2.05) is 13.2 Å². The van der Waals surface area contributed by atoms with Crippen molar-refractivity contribution in [3.8, 4) is 17.0 Å². The van der Waals surface area contributed by atoms with Crippen LogP contribution < -0.4 is 15.4 Å². The molecule has 5 rings (SSSR count). The van der Waals surface area contributed by atoms with Crippen molar-refractivity contribution < 1.29 is 14.3 Å². The number of carbonyl (C=O) groups is 2. The van der Waals surface area contributed by atoms with Gasteiger partial charge in [0.2, 0.25) is 11.8 Å². The second-order valence-corrected chi connectivity index (χ2v) is 9.15. The Morgan fingerprint density at radius 2 is 2.13 bits per heavy atom. The number of hydrogen-bond acceptors (Lipinski definition) is 7. The second kappa shape index (κ2) is 7.49. The molecule has 2 aliphatic rings. The van der Waals surface area contributed by atoms with Crippen LogP contribution in [-0.2, 0) is 11.8 Å². The molecule has 162 valence electrons. The number of anilines is 1. The van der Waals surface area contributed by atoms with Crippen LogP contribution in [0.25, 0.3) is 21.3 Å². The van der Waals surface area contributed by atoms with Crippen molar-refractivity contribution in [2.75, 3.05) is 32.1 Å². The summed E-state index contributed by atoms with van der Waals surface area (Å²) in [7, 11) is 3.41. The first-order chi connectivity index (χ1) is 15.0. The van der Waals surface area contributed by atoms with Crippen LogP contribution in [0.4, 0.5) is 9.93 Å². The summed E-state index contributed by atoms with van der Waals surface area (Å²) in [6, 6.07) is -0.180. The molecule has 0 bridgehead atoms. The zero-order valence-electron chi connectivity index (χ0n) is 17.3. The minimum Gasteiger partial charge on any atom is -0.479 e. The van der Waals surface area contributed by atoms with Gasteiger partial charge in [-0.1, -0.05) is 11.3 Å². The second-order valence-electron chi connectivity index (χ2n) is 8.15. The Morgan fingerprint density at radius 3 is 2.77 bits per heavy atom. The lowest BCUT2D eigenvalue weighted by molar-refractivity contribution is -0.119. The molecule has 3 aromatic heterocycles. The number of rotatable bonds is 3. The minimum absolute atomic E-state index is 0.00137. The number of urea groups is 1. The highest BCUT2D eigenvalue weighted by atomic mass is 32.1. The average molecular weight is 442 g/mol.